The monoisotopic (exact) mass is 248 g/mol. The number of piperazine rings is 1. The van der Waals surface area contributed by atoms with Crippen LogP contribution in [0, 0.1) is 10.1 Å². The fraction of sp³-hybridized carbons (Fsp3) is 0.417. The van der Waals surface area contributed by atoms with Crippen LogP contribution in [0.5, 0.6) is 0 Å². The van der Waals surface area contributed by atoms with E-state index in [9.17, 15) is 10.1 Å². The second-order valence-corrected chi connectivity index (χ2v) is 4.32. The van der Waals surface area contributed by atoms with Gasteiger partial charge >= 0.3 is 0 Å². The summed E-state index contributed by atoms with van der Waals surface area (Å²) in [7, 11) is 2.07. The van der Waals surface area contributed by atoms with Gasteiger partial charge in [0.25, 0.3) is 5.69 Å². The average Bonchev–Trinajstić information content (AvgIpc) is 2.38. The molecule has 18 heavy (non-hydrogen) atoms. The summed E-state index contributed by atoms with van der Waals surface area (Å²) in [4.78, 5) is 12.7. The van der Waals surface area contributed by atoms with Crippen molar-refractivity contribution in [2.75, 3.05) is 33.2 Å². The Morgan fingerprint density at radius 1 is 1.28 bits per heavy atom. The lowest BCUT2D eigenvalue weighted by Crippen LogP contribution is -2.41. The first-order chi connectivity index (χ1) is 8.66. The second-order valence-electron chi connectivity index (χ2n) is 4.32. The van der Waals surface area contributed by atoms with Crippen molar-refractivity contribution in [3.05, 3.63) is 39.9 Å². The van der Waals surface area contributed by atoms with Gasteiger partial charge in [0, 0.05) is 32.2 Å². The second kappa shape index (κ2) is 5.59. The number of rotatable bonds is 3. The zero-order valence-electron chi connectivity index (χ0n) is 10.3. The fourth-order valence-electron chi connectivity index (χ4n) is 1.82. The summed E-state index contributed by atoms with van der Waals surface area (Å²) in [5.41, 5.74) is 0.636. The molecule has 0 saturated carbocycles. The lowest BCUT2D eigenvalue weighted by Gasteiger charge is -2.30. The molecule has 0 aromatic heterocycles. The number of nitro groups is 1. The average molecular weight is 248 g/mol. The van der Waals surface area contributed by atoms with Crippen LogP contribution in [0.25, 0.3) is 0 Å². The first-order valence-corrected chi connectivity index (χ1v) is 5.88. The Morgan fingerprint density at radius 3 is 2.61 bits per heavy atom. The molecule has 96 valence electrons. The van der Waals surface area contributed by atoms with Gasteiger partial charge in [0.1, 0.15) is 0 Å². The maximum absolute atomic E-state index is 10.8. The first-order valence-electron chi connectivity index (χ1n) is 5.88. The van der Waals surface area contributed by atoms with Crippen molar-refractivity contribution in [1.82, 2.24) is 9.91 Å². The lowest BCUT2D eigenvalue weighted by molar-refractivity contribution is -0.385. The van der Waals surface area contributed by atoms with Crippen molar-refractivity contribution in [2.45, 2.75) is 0 Å². The highest BCUT2D eigenvalue weighted by Gasteiger charge is 2.13. The van der Waals surface area contributed by atoms with Crippen LogP contribution in [-0.2, 0) is 0 Å². The Kier molecular flexibility index (Phi) is 3.88. The molecule has 0 N–H and O–H groups in total. The van der Waals surface area contributed by atoms with Crippen molar-refractivity contribution in [3.63, 3.8) is 0 Å². The number of likely N-dealkylation sites (N-methyl/N-ethyl adjacent to an activating group) is 1. The summed E-state index contributed by atoms with van der Waals surface area (Å²) >= 11 is 0. The van der Waals surface area contributed by atoms with Crippen LogP contribution in [0.4, 0.5) is 5.69 Å². The molecule has 1 heterocycles. The molecule has 1 aliphatic heterocycles. The minimum absolute atomic E-state index is 0.0929. The molecule has 0 amide bonds. The number of hydrogen-bond donors (Lipinski definition) is 0. The number of para-hydroxylation sites is 1. The van der Waals surface area contributed by atoms with Crippen LogP contribution in [0.1, 0.15) is 5.56 Å². The molecule has 0 aliphatic carbocycles. The topological polar surface area (TPSA) is 62.0 Å². The van der Waals surface area contributed by atoms with Gasteiger partial charge in [-0.3, -0.25) is 15.1 Å². The van der Waals surface area contributed by atoms with Crippen LogP contribution in [-0.4, -0.2) is 54.3 Å². The van der Waals surface area contributed by atoms with E-state index >= 15 is 0 Å². The molecule has 1 aromatic rings. The molecule has 0 spiro atoms. The van der Waals surface area contributed by atoms with E-state index in [0.717, 1.165) is 26.2 Å². The lowest BCUT2D eigenvalue weighted by atomic mass is 10.2. The molecule has 1 saturated heterocycles. The van der Waals surface area contributed by atoms with E-state index in [1.165, 1.54) is 6.07 Å². The van der Waals surface area contributed by atoms with Crippen molar-refractivity contribution in [3.8, 4) is 0 Å². The quantitative estimate of drug-likeness (QED) is 0.458. The molecule has 1 aromatic carbocycles. The van der Waals surface area contributed by atoms with Crippen LogP contribution in [0.3, 0.4) is 0 Å². The number of hydrazone groups is 1. The molecule has 0 unspecified atom stereocenters. The van der Waals surface area contributed by atoms with Crippen LogP contribution in [0.15, 0.2) is 29.4 Å². The van der Waals surface area contributed by atoms with E-state index in [0.29, 0.717) is 5.56 Å². The van der Waals surface area contributed by atoms with E-state index < -0.39 is 0 Å². The van der Waals surface area contributed by atoms with Gasteiger partial charge in [0.05, 0.1) is 16.7 Å². The van der Waals surface area contributed by atoms with E-state index in [4.69, 9.17) is 0 Å². The molecule has 2 rings (SSSR count). The molecule has 1 fully saturated rings. The molecular weight excluding hydrogens is 232 g/mol. The van der Waals surface area contributed by atoms with Crippen molar-refractivity contribution in [2.24, 2.45) is 5.10 Å². The Hall–Kier alpha value is -1.95. The van der Waals surface area contributed by atoms with Gasteiger partial charge in [-0.1, -0.05) is 12.1 Å². The summed E-state index contributed by atoms with van der Waals surface area (Å²) in [5, 5.41) is 17.1. The van der Waals surface area contributed by atoms with Crippen LogP contribution >= 0.6 is 0 Å². The van der Waals surface area contributed by atoms with Crippen molar-refractivity contribution < 1.29 is 4.92 Å². The third-order valence-corrected chi connectivity index (χ3v) is 2.97. The van der Waals surface area contributed by atoms with Gasteiger partial charge in [0.2, 0.25) is 0 Å². The highest BCUT2D eigenvalue weighted by Crippen LogP contribution is 2.15. The van der Waals surface area contributed by atoms with E-state index in [-0.39, 0.29) is 10.6 Å². The third-order valence-electron chi connectivity index (χ3n) is 2.97. The normalized spacial score (nSPS) is 17.3. The Morgan fingerprint density at radius 2 is 1.94 bits per heavy atom. The highest BCUT2D eigenvalue weighted by atomic mass is 16.6. The van der Waals surface area contributed by atoms with E-state index in [1.807, 2.05) is 5.01 Å². The van der Waals surface area contributed by atoms with Gasteiger partial charge < -0.3 is 4.90 Å². The standard InChI is InChI=1S/C12H16N4O2/c1-14-6-8-15(9-7-14)13-10-11-4-2-3-5-12(11)16(17)18/h2-5,10H,6-9H2,1H3. The molecule has 1 aliphatic rings. The Labute approximate surface area is 106 Å². The van der Waals surface area contributed by atoms with Gasteiger partial charge in [-0.05, 0) is 13.1 Å². The number of benzene rings is 1. The van der Waals surface area contributed by atoms with Crippen LogP contribution in [0.2, 0.25) is 0 Å². The van der Waals surface area contributed by atoms with E-state index in [2.05, 4.69) is 17.0 Å². The zero-order valence-corrected chi connectivity index (χ0v) is 10.3. The van der Waals surface area contributed by atoms with Crippen molar-refractivity contribution >= 4 is 11.9 Å². The number of hydrogen-bond acceptors (Lipinski definition) is 5. The SMILES string of the molecule is CN1CCN(N=Cc2ccccc2[N+](=O)[O-])CC1. The minimum Gasteiger partial charge on any atom is -0.303 e. The molecule has 6 nitrogen and oxygen atoms in total. The molecule has 0 bridgehead atoms. The van der Waals surface area contributed by atoms with Gasteiger partial charge in [-0.25, -0.2) is 0 Å². The molecular formula is C12H16N4O2. The largest absolute Gasteiger partial charge is 0.303 e. The smallest absolute Gasteiger partial charge is 0.278 e. The summed E-state index contributed by atoms with van der Waals surface area (Å²) in [6.07, 6.45) is 1.57. The van der Waals surface area contributed by atoms with Crippen LogP contribution < -0.4 is 0 Å². The Balaban J connectivity index is 2.07. The number of nitrogens with zero attached hydrogens (tertiary/aromatic N) is 4. The maximum Gasteiger partial charge on any atom is 0.278 e. The number of nitro benzene ring substituents is 1. The molecule has 0 radical (unpaired) electrons. The minimum atomic E-state index is -0.384. The summed E-state index contributed by atoms with van der Waals surface area (Å²) in [5.74, 6) is 0. The third kappa shape index (κ3) is 3.04. The van der Waals surface area contributed by atoms with Crippen molar-refractivity contribution in [1.29, 1.82) is 0 Å². The fourth-order valence-corrected chi connectivity index (χ4v) is 1.82. The highest BCUT2D eigenvalue weighted by molar-refractivity contribution is 5.84. The van der Waals surface area contributed by atoms with Gasteiger partial charge in [0.15, 0.2) is 0 Å². The van der Waals surface area contributed by atoms with Gasteiger partial charge in [-0.2, -0.15) is 5.10 Å². The zero-order chi connectivity index (χ0) is 13.0. The summed E-state index contributed by atoms with van der Waals surface area (Å²) in [6.45, 7) is 3.64. The summed E-state index contributed by atoms with van der Waals surface area (Å²) < 4.78 is 0. The predicted octanol–water partition coefficient (Wildman–Crippen LogP) is 1.18. The molecule has 6 heteroatoms. The Bertz CT molecular complexity index is 453. The maximum atomic E-state index is 10.8. The van der Waals surface area contributed by atoms with E-state index in [1.54, 1.807) is 24.4 Å². The molecule has 0 atom stereocenters. The predicted molar refractivity (Wildman–Crippen MR) is 69.8 cm³/mol. The van der Waals surface area contributed by atoms with Gasteiger partial charge in [-0.15, -0.1) is 0 Å². The summed E-state index contributed by atoms with van der Waals surface area (Å²) in [6, 6.07) is 6.63. The first kappa shape index (κ1) is 12.5.